The van der Waals surface area contributed by atoms with Crippen LogP contribution in [0.3, 0.4) is 0 Å². The maximum absolute atomic E-state index is 12.9. The summed E-state index contributed by atoms with van der Waals surface area (Å²) in [6.07, 6.45) is -4.65. The third kappa shape index (κ3) is 6.38. The van der Waals surface area contributed by atoms with Crippen LogP contribution in [0.25, 0.3) is 21.9 Å². The number of hydrogen-bond donors (Lipinski definition) is 2. The number of hydrogen-bond acceptors (Lipinski definition) is 5. The Hall–Kier alpha value is -4.53. The van der Waals surface area contributed by atoms with E-state index in [9.17, 15) is 27.9 Å². The molecule has 37 heavy (non-hydrogen) atoms. The van der Waals surface area contributed by atoms with Gasteiger partial charge in [-0.1, -0.05) is 60.7 Å². The van der Waals surface area contributed by atoms with Crippen LogP contribution < -0.4 is 10.1 Å². The Kier molecular flexibility index (Phi) is 7.33. The number of phenols is 1. The topological polar surface area (TPSA) is 84.9 Å². The van der Waals surface area contributed by atoms with Gasteiger partial charge in [-0.25, -0.2) is 4.79 Å². The van der Waals surface area contributed by atoms with Crippen LogP contribution in [0.2, 0.25) is 0 Å². The highest BCUT2D eigenvalue weighted by Gasteiger charge is 2.31. The van der Waals surface area contributed by atoms with Crippen molar-refractivity contribution < 1.29 is 37.3 Å². The number of carbonyl (C=O) groups is 2. The molecule has 0 aliphatic carbocycles. The number of fused-ring (bicyclic) bond motifs is 1. The van der Waals surface area contributed by atoms with Crippen molar-refractivity contribution in [3.8, 4) is 22.6 Å². The lowest BCUT2D eigenvalue weighted by molar-refractivity contribution is -0.274. The van der Waals surface area contributed by atoms with Gasteiger partial charge in [0, 0.05) is 6.42 Å². The van der Waals surface area contributed by atoms with Gasteiger partial charge in [-0.15, -0.1) is 13.2 Å². The normalized spacial score (nSPS) is 12.1. The Morgan fingerprint density at radius 1 is 0.892 bits per heavy atom. The molecule has 0 fully saturated rings. The molecule has 6 nitrogen and oxygen atoms in total. The lowest BCUT2D eigenvalue weighted by atomic mass is 10.00. The smallest absolute Gasteiger partial charge is 0.507 e. The molecule has 1 amide bonds. The van der Waals surface area contributed by atoms with E-state index in [1.54, 1.807) is 30.3 Å². The first-order valence-corrected chi connectivity index (χ1v) is 11.2. The number of ether oxygens (including phenoxy) is 2. The zero-order valence-corrected chi connectivity index (χ0v) is 19.6. The summed E-state index contributed by atoms with van der Waals surface area (Å²) in [4.78, 5) is 25.3. The summed E-state index contributed by atoms with van der Waals surface area (Å²) >= 11 is 0. The van der Waals surface area contributed by atoms with Crippen LogP contribution in [0.15, 0.2) is 84.9 Å². The van der Waals surface area contributed by atoms with Crippen LogP contribution in [-0.2, 0) is 16.0 Å². The molecule has 1 atom stereocenters. The maximum atomic E-state index is 12.9. The van der Waals surface area contributed by atoms with E-state index in [2.05, 4.69) is 10.1 Å². The van der Waals surface area contributed by atoms with Crippen molar-refractivity contribution >= 4 is 22.6 Å². The molecule has 4 aromatic rings. The standard InChI is InChI=1S/C28H22F3NO5/c1-36-27(35)24(32-26(34)23-15-20-4-2-3-5-21(20)16-25(23)33)14-17-6-8-18(9-7-17)19-10-12-22(13-11-19)37-28(29,30)31/h2-13,15-16,24,33H,14H2,1H3,(H,32,34)/t24-/m0/s1. The van der Waals surface area contributed by atoms with Crippen LogP contribution in [0, 0.1) is 0 Å². The third-order valence-corrected chi connectivity index (χ3v) is 5.71. The van der Waals surface area contributed by atoms with E-state index in [-0.39, 0.29) is 23.5 Å². The Morgan fingerprint density at radius 3 is 2.03 bits per heavy atom. The number of benzene rings is 4. The van der Waals surface area contributed by atoms with E-state index in [0.717, 1.165) is 16.3 Å². The van der Waals surface area contributed by atoms with Crippen LogP contribution >= 0.6 is 0 Å². The number of carbonyl (C=O) groups excluding carboxylic acids is 2. The van der Waals surface area contributed by atoms with Gasteiger partial charge in [-0.05, 0) is 51.7 Å². The summed E-state index contributed by atoms with van der Waals surface area (Å²) in [5, 5.41) is 14.5. The van der Waals surface area contributed by atoms with E-state index < -0.39 is 24.3 Å². The minimum Gasteiger partial charge on any atom is -0.507 e. The van der Waals surface area contributed by atoms with Crippen LogP contribution in [0.4, 0.5) is 13.2 Å². The second kappa shape index (κ2) is 10.6. The van der Waals surface area contributed by atoms with Crippen molar-refractivity contribution in [2.75, 3.05) is 7.11 Å². The van der Waals surface area contributed by atoms with Crippen LogP contribution in [0.1, 0.15) is 15.9 Å². The van der Waals surface area contributed by atoms with Crippen molar-refractivity contribution in [1.29, 1.82) is 0 Å². The van der Waals surface area contributed by atoms with Gasteiger partial charge in [0.15, 0.2) is 0 Å². The first kappa shape index (κ1) is 25.6. The molecule has 0 unspecified atom stereocenters. The van der Waals surface area contributed by atoms with Crippen molar-refractivity contribution in [1.82, 2.24) is 5.32 Å². The number of aromatic hydroxyl groups is 1. The number of nitrogens with one attached hydrogen (secondary N) is 1. The second-order valence-corrected chi connectivity index (χ2v) is 8.24. The third-order valence-electron chi connectivity index (χ3n) is 5.71. The maximum Gasteiger partial charge on any atom is 0.573 e. The lowest BCUT2D eigenvalue weighted by Crippen LogP contribution is -2.43. The minimum atomic E-state index is -4.76. The molecule has 9 heteroatoms. The Morgan fingerprint density at radius 2 is 1.46 bits per heavy atom. The van der Waals surface area contributed by atoms with Gasteiger partial charge in [-0.3, -0.25) is 4.79 Å². The van der Waals surface area contributed by atoms with Gasteiger partial charge in [0.2, 0.25) is 0 Å². The van der Waals surface area contributed by atoms with Gasteiger partial charge in [0.05, 0.1) is 12.7 Å². The Labute approximate surface area is 210 Å². The molecule has 2 N–H and O–H groups in total. The summed E-state index contributed by atoms with van der Waals surface area (Å²) in [6.45, 7) is 0. The van der Waals surface area contributed by atoms with E-state index >= 15 is 0 Å². The summed E-state index contributed by atoms with van der Waals surface area (Å²) < 4.78 is 45.8. The number of phenolic OH excluding ortho intramolecular Hbond substituents is 1. The number of rotatable bonds is 7. The SMILES string of the molecule is COC(=O)[C@H](Cc1ccc(-c2ccc(OC(F)(F)F)cc2)cc1)NC(=O)c1cc2ccccc2cc1O. The van der Waals surface area contributed by atoms with E-state index in [4.69, 9.17) is 4.74 Å². The molecule has 4 rings (SSSR count). The summed E-state index contributed by atoms with van der Waals surface area (Å²) in [5.74, 6) is -1.81. The molecule has 0 saturated heterocycles. The summed E-state index contributed by atoms with van der Waals surface area (Å²) in [7, 11) is 1.21. The van der Waals surface area contributed by atoms with Gasteiger partial charge < -0.3 is 19.9 Å². The van der Waals surface area contributed by atoms with E-state index in [1.807, 2.05) is 24.3 Å². The molecule has 0 aliphatic rings. The van der Waals surface area contributed by atoms with Gasteiger partial charge in [0.1, 0.15) is 17.5 Å². The molecule has 0 saturated carbocycles. The van der Waals surface area contributed by atoms with E-state index in [0.29, 0.717) is 11.1 Å². The highest BCUT2D eigenvalue weighted by molar-refractivity contribution is 6.02. The number of amides is 1. The van der Waals surface area contributed by atoms with Gasteiger partial charge in [0.25, 0.3) is 5.91 Å². The molecule has 0 spiro atoms. The highest BCUT2D eigenvalue weighted by atomic mass is 19.4. The second-order valence-electron chi connectivity index (χ2n) is 8.24. The lowest BCUT2D eigenvalue weighted by Gasteiger charge is -2.17. The summed E-state index contributed by atoms with van der Waals surface area (Å²) in [6, 6.07) is 21.7. The fraction of sp³-hybridized carbons (Fsp3) is 0.143. The van der Waals surface area contributed by atoms with Crippen molar-refractivity contribution in [2.45, 2.75) is 18.8 Å². The predicted octanol–water partition coefficient (Wildman–Crippen LogP) is 5.63. The molecule has 4 aromatic carbocycles. The van der Waals surface area contributed by atoms with E-state index in [1.165, 1.54) is 37.4 Å². The van der Waals surface area contributed by atoms with Crippen molar-refractivity contribution in [3.05, 3.63) is 96.1 Å². The van der Waals surface area contributed by atoms with Gasteiger partial charge in [-0.2, -0.15) is 0 Å². The van der Waals surface area contributed by atoms with Gasteiger partial charge >= 0.3 is 12.3 Å². The fourth-order valence-corrected chi connectivity index (χ4v) is 3.90. The first-order chi connectivity index (χ1) is 17.6. The highest BCUT2D eigenvalue weighted by Crippen LogP contribution is 2.27. The fourth-order valence-electron chi connectivity index (χ4n) is 3.90. The predicted molar refractivity (Wildman–Crippen MR) is 131 cm³/mol. The molecular weight excluding hydrogens is 487 g/mol. The number of alkyl halides is 3. The molecule has 0 bridgehead atoms. The zero-order valence-electron chi connectivity index (χ0n) is 19.6. The van der Waals surface area contributed by atoms with Crippen LogP contribution in [-0.4, -0.2) is 36.5 Å². The Balaban J connectivity index is 1.48. The zero-order chi connectivity index (χ0) is 26.6. The monoisotopic (exact) mass is 509 g/mol. The molecule has 190 valence electrons. The average molecular weight is 509 g/mol. The molecule has 0 aromatic heterocycles. The molecule has 0 radical (unpaired) electrons. The number of esters is 1. The van der Waals surface area contributed by atoms with Crippen molar-refractivity contribution in [2.24, 2.45) is 0 Å². The van der Waals surface area contributed by atoms with Crippen LogP contribution in [0.5, 0.6) is 11.5 Å². The van der Waals surface area contributed by atoms with Crippen molar-refractivity contribution in [3.63, 3.8) is 0 Å². The quantitative estimate of drug-likeness (QED) is 0.316. The largest absolute Gasteiger partial charge is 0.573 e. The Bertz CT molecular complexity index is 1420. The molecule has 0 heterocycles. The summed E-state index contributed by atoms with van der Waals surface area (Å²) in [5.41, 5.74) is 2.15. The average Bonchev–Trinajstić information content (AvgIpc) is 2.87. The number of halogens is 3. The molecule has 0 aliphatic heterocycles. The molecular formula is C28H22F3NO5. The number of methoxy groups -OCH3 is 1. The first-order valence-electron chi connectivity index (χ1n) is 11.2. The minimum absolute atomic E-state index is 0.0286.